The van der Waals surface area contributed by atoms with Gasteiger partial charge in [-0.05, 0) is 12.1 Å². The molecule has 1 aliphatic rings. The second-order valence-electron chi connectivity index (χ2n) is 3.38. The number of rotatable bonds is 1. The number of imidazole rings is 1. The Bertz CT molecular complexity index is 486. The Morgan fingerprint density at radius 1 is 1.25 bits per heavy atom. The van der Waals surface area contributed by atoms with E-state index in [0.29, 0.717) is 0 Å². The Balaban J connectivity index is 0.000000963. The van der Waals surface area contributed by atoms with E-state index in [1.807, 2.05) is 24.3 Å². The van der Waals surface area contributed by atoms with Gasteiger partial charge in [-0.1, -0.05) is 12.1 Å². The molecule has 0 atom stereocenters. The fraction of sp³-hybridized carbons (Fsp3) is 0.200. The maximum Gasteiger partial charge on any atom is 0.208 e. The molecule has 0 fully saturated rings. The minimum absolute atomic E-state index is 0. The van der Waals surface area contributed by atoms with Gasteiger partial charge in [0, 0.05) is 6.54 Å². The van der Waals surface area contributed by atoms with Gasteiger partial charge >= 0.3 is 0 Å². The summed E-state index contributed by atoms with van der Waals surface area (Å²) < 4.78 is 0. The Hall–Kier alpha value is -1.31. The highest BCUT2D eigenvalue weighted by Crippen LogP contribution is 2.13. The van der Waals surface area contributed by atoms with Gasteiger partial charge in [0.25, 0.3) is 0 Å². The lowest BCUT2D eigenvalue weighted by molar-refractivity contribution is 0.958. The Kier molecular flexibility index (Phi) is 3.28. The van der Waals surface area contributed by atoms with Crippen molar-refractivity contribution < 1.29 is 0 Å². The Labute approximate surface area is 110 Å². The third-order valence-corrected chi connectivity index (χ3v) is 2.30. The molecule has 2 heterocycles. The molecule has 5 nitrogen and oxygen atoms in total. The van der Waals surface area contributed by atoms with E-state index in [1.165, 1.54) is 0 Å². The van der Waals surface area contributed by atoms with E-state index in [0.717, 1.165) is 36.0 Å². The lowest BCUT2D eigenvalue weighted by atomic mass is 10.3. The predicted molar refractivity (Wildman–Crippen MR) is 75.4 cm³/mol. The average Bonchev–Trinajstić information content (AvgIpc) is 2.86. The highest BCUT2D eigenvalue weighted by Gasteiger charge is 2.07. The molecule has 84 valence electrons. The van der Waals surface area contributed by atoms with Crippen molar-refractivity contribution in [2.75, 3.05) is 18.4 Å². The van der Waals surface area contributed by atoms with E-state index in [4.69, 9.17) is 0 Å². The smallest absolute Gasteiger partial charge is 0.208 e. The molecule has 0 unspecified atom stereocenters. The molecule has 1 aromatic carbocycles. The van der Waals surface area contributed by atoms with Crippen molar-refractivity contribution in [2.45, 2.75) is 0 Å². The molecule has 0 saturated heterocycles. The maximum atomic E-state index is 4.39. The van der Waals surface area contributed by atoms with Gasteiger partial charge in [-0.2, -0.15) is 0 Å². The molecule has 0 amide bonds. The third-order valence-electron chi connectivity index (χ3n) is 2.30. The van der Waals surface area contributed by atoms with Crippen LogP contribution < -0.4 is 10.6 Å². The van der Waals surface area contributed by atoms with E-state index in [1.54, 1.807) is 0 Å². The zero-order valence-electron chi connectivity index (χ0n) is 8.53. The van der Waals surface area contributed by atoms with Crippen LogP contribution in [0.25, 0.3) is 11.0 Å². The molecule has 0 spiro atoms. The molecule has 2 aromatic rings. The van der Waals surface area contributed by atoms with Gasteiger partial charge in [0.15, 0.2) is 5.96 Å². The van der Waals surface area contributed by atoms with Crippen LogP contribution in [-0.4, -0.2) is 29.0 Å². The Morgan fingerprint density at radius 2 is 2.12 bits per heavy atom. The van der Waals surface area contributed by atoms with Gasteiger partial charge in [-0.15, -0.1) is 24.0 Å². The summed E-state index contributed by atoms with van der Waals surface area (Å²) in [4.78, 5) is 11.8. The number of para-hydroxylation sites is 2. The number of nitrogens with one attached hydrogen (secondary N) is 3. The van der Waals surface area contributed by atoms with Crippen molar-refractivity contribution >= 4 is 46.9 Å². The summed E-state index contributed by atoms with van der Waals surface area (Å²) in [5.74, 6) is 1.51. The third kappa shape index (κ3) is 2.11. The summed E-state index contributed by atoms with van der Waals surface area (Å²) in [6.45, 7) is 1.71. The standard InChI is InChI=1S/C10H11N5.HI/c1-2-4-8-7(3-1)13-10(14-8)15-9-11-5-6-12-9;/h1-4H,5-6H2,(H3,11,12,13,14,15);1H. The number of nitrogens with zero attached hydrogens (tertiary/aromatic N) is 2. The summed E-state index contributed by atoms with van der Waals surface area (Å²) in [5.41, 5.74) is 1.98. The predicted octanol–water partition coefficient (Wildman–Crippen LogP) is 1.55. The molecule has 1 aromatic heterocycles. The number of hydrogen-bond acceptors (Lipinski definition) is 4. The molecule has 0 aliphatic carbocycles. The number of benzene rings is 1. The minimum atomic E-state index is 0. The highest BCUT2D eigenvalue weighted by atomic mass is 127. The van der Waals surface area contributed by atoms with Crippen LogP contribution in [0, 0.1) is 0 Å². The van der Waals surface area contributed by atoms with Crippen molar-refractivity contribution in [1.82, 2.24) is 15.3 Å². The zero-order valence-corrected chi connectivity index (χ0v) is 10.9. The quantitative estimate of drug-likeness (QED) is 0.696. The van der Waals surface area contributed by atoms with Crippen LogP contribution in [0.2, 0.25) is 0 Å². The van der Waals surface area contributed by atoms with E-state index >= 15 is 0 Å². The SMILES string of the molecule is I.c1ccc2[nH]c(NC3=NCCN3)nc2c1. The van der Waals surface area contributed by atoms with Crippen molar-refractivity contribution in [3.05, 3.63) is 24.3 Å². The number of halogens is 1. The lowest BCUT2D eigenvalue weighted by Crippen LogP contribution is -2.26. The van der Waals surface area contributed by atoms with Crippen LogP contribution in [-0.2, 0) is 0 Å². The monoisotopic (exact) mass is 329 g/mol. The first-order valence-electron chi connectivity index (χ1n) is 4.92. The zero-order chi connectivity index (χ0) is 10.1. The first-order chi connectivity index (χ1) is 7.42. The van der Waals surface area contributed by atoms with Crippen LogP contribution in [0.15, 0.2) is 29.3 Å². The van der Waals surface area contributed by atoms with E-state index in [-0.39, 0.29) is 24.0 Å². The molecular weight excluding hydrogens is 317 g/mol. The summed E-state index contributed by atoms with van der Waals surface area (Å²) >= 11 is 0. The maximum absolute atomic E-state index is 4.39. The second-order valence-corrected chi connectivity index (χ2v) is 3.38. The number of fused-ring (bicyclic) bond motifs is 1. The summed E-state index contributed by atoms with van der Waals surface area (Å²) in [5, 5.41) is 6.23. The number of aliphatic imine (C=N–C) groups is 1. The summed E-state index contributed by atoms with van der Waals surface area (Å²) in [6.07, 6.45) is 0. The van der Waals surface area contributed by atoms with Crippen molar-refractivity contribution in [3.63, 3.8) is 0 Å². The molecule has 0 saturated carbocycles. The molecule has 3 rings (SSSR count). The lowest BCUT2D eigenvalue weighted by Gasteiger charge is -2.01. The molecule has 0 radical (unpaired) electrons. The van der Waals surface area contributed by atoms with Crippen LogP contribution in [0.5, 0.6) is 0 Å². The van der Waals surface area contributed by atoms with Gasteiger partial charge in [-0.3, -0.25) is 10.3 Å². The highest BCUT2D eigenvalue weighted by molar-refractivity contribution is 14.0. The van der Waals surface area contributed by atoms with E-state index in [2.05, 4.69) is 25.6 Å². The molecule has 16 heavy (non-hydrogen) atoms. The normalized spacial score (nSPS) is 14.1. The number of anilines is 1. The first-order valence-corrected chi connectivity index (χ1v) is 4.92. The van der Waals surface area contributed by atoms with Crippen LogP contribution >= 0.6 is 24.0 Å². The van der Waals surface area contributed by atoms with Gasteiger partial charge in [0.1, 0.15) is 0 Å². The molecule has 3 N–H and O–H groups in total. The fourth-order valence-corrected chi connectivity index (χ4v) is 1.61. The number of aromatic nitrogens is 2. The average molecular weight is 329 g/mol. The van der Waals surface area contributed by atoms with Crippen LogP contribution in [0.4, 0.5) is 5.95 Å². The molecular formula is C10H12IN5. The molecule has 1 aliphatic heterocycles. The van der Waals surface area contributed by atoms with Gasteiger partial charge < -0.3 is 10.3 Å². The van der Waals surface area contributed by atoms with Gasteiger partial charge in [0.05, 0.1) is 17.6 Å². The van der Waals surface area contributed by atoms with Crippen LogP contribution in [0.1, 0.15) is 0 Å². The topological polar surface area (TPSA) is 65.1 Å². The largest absolute Gasteiger partial charge is 0.354 e. The van der Waals surface area contributed by atoms with E-state index < -0.39 is 0 Å². The number of aromatic amines is 1. The summed E-state index contributed by atoms with van der Waals surface area (Å²) in [7, 11) is 0. The van der Waals surface area contributed by atoms with Crippen molar-refractivity contribution in [3.8, 4) is 0 Å². The fourth-order valence-electron chi connectivity index (χ4n) is 1.61. The van der Waals surface area contributed by atoms with E-state index in [9.17, 15) is 0 Å². The minimum Gasteiger partial charge on any atom is -0.354 e. The van der Waals surface area contributed by atoms with Crippen molar-refractivity contribution in [2.24, 2.45) is 4.99 Å². The van der Waals surface area contributed by atoms with Gasteiger partial charge in [-0.25, -0.2) is 4.98 Å². The van der Waals surface area contributed by atoms with Gasteiger partial charge in [0.2, 0.25) is 5.95 Å². The number of guanidine groups is 1. The number of hydrogen-bond donors (Lipinski definition) is 3. The van der Waals surface area contributed by atoms with Crippen molar-refractivity contribution in [1.29, 1.82) is 0 Å². The summed E-state index contributed by atoms with van der Waals surface area (Å²) in [6, 6.07) is 7.92. The number of H-pyrrole nitrogens is 1. The first kappa shape index (κ1) is 11.2. The van der Waals surface area contributed by atoms with Crippen LogP contribution in [0.3, 0.4) is 0 Å². The molecule has 6 heteroatoms. The Morgan fingerprint density at radius 3 is 2.88 bits per heavy atom. The molecule has 0 bridgehead atoms. The second kappa shape index (κ2) is 4.69.